The van der Waals surface area contributed by atoms with Crippen LogP contribution in [0.1, 0.15) is 27.2 Å². The molecule has 5 nitrogen and oxygen atoms in total. The fourth-order valence-corrected chi connectivity index (χ4v) is 1.20. The Morgan fingerprint density at radius 3 is 2.19 bits per heavy atom. The maximum absolute atomic E-state index is 13.1. The fourth-order valence-electron chi connectivity index (χ4n) is 0.869. The van der Waals surface area contributed by atoms with Crippen molar-refractivity contribution in [3.05, 3.63) is 0 Å². The van der Waals surface area contributed by atoms with Crippen LogP contribution in [-0.2, 0) is 13.9 Å². The summed E-state index contributed by atoms with van der Waals surface area (Å²) in [6.07, 6.45) is -2.23. The van der Waals surface area contributed by atoms with Crippen LogP contribution in [0.25, 0.3) is 0 Å². The van der Waals surface area contributed by atoms with Gasteiger partial charge in [0.15, 0.2) is 12.0 Å². The van der Waals surface area contributed by atoms with E-state index in [9.17, 15) is 23.5 Å². The Bertz CT molecular complexity index is 272. The molecular formula is C8H14CaFO5P. The molecule has 0 heterocycles. The zero-order valence-electron chi connectivity index (χ0n) is 9.57. The number of rotatable bonds is 5. The van der Waals surface area contributed by atoms with Crippen molar-refractivity contribution in [1.29, 1.82) is 0 Å². The third kappa shape index (κ3) is 9.05. The van der Waals surface area contributed by atoms with Crippen molar-refractivity contribution < 1.29 is 28.1 Å². The Kier molecular flexibility index (Phi) is 8.95. The van der Waals surface area contributed by atoms with E-state index in [0.29, 0.717) is 0 Å². The molecule has 0 unspecified atom stereocenters. The van der Waals surface area contributed by atoms with Crippen molar-refractivity contribution >= 4 is 51.3 Å². The number of carbonyl (C=O) groups excluding carboxylic acids is 1. The first-order valence-corrected chi connectivity index (χ1v) is 5.85. The molecule has 0 N–H and O–H groups in total. The number of Topliss-reactive ketones (excluding diaryl/α,β-unsaturated/α-hetero) is 1. The molecular weight excluding hydrogens is 266 g/mol. The first-order chi connectivity index (χ1) is 6.54. The Balaban J connectivity index is 0. The van der Waals surface area contributed by atoms with E-state index < -0.39 is 38.2 Å². The van der Waals surface area contributed by atoms with Gasteiger partial charge in [0, 0.05) is 11.8 Å². The molecule has 0 spiro atoms. The van der Waals surface area contributed by atoms with Crippen molar-refractivity contribution in [2.45, 2.75) is 33.4 Å². The van der Waals surface area contributed by atoms with Gasteiger partial charge in [0.05, 0.1) is 14.4 Å². The molecule has 0 saturated heterocycles. The minimum Gasteiger partial charge on any atom is -0.790 e. The Morgan fingerprint density at radius 1 is 1.44 bits per heavy atom. The molecule has 8 heteroatoms. The Morgan fingerprint density at radius 2 is 1.88 bits per heavy atom. The second-order valence-electron chi connectivity index (χ2n) is 4.15. The average Bonchev–Trinajstić information content (AvgIpc) is 1.98. The van der Waals surface area contributed by atoms with Crippen molar-refractivity contribution in [2.24, 2.45) is 5.41 Å². The summed E-state index contributed by atoms with van der Waals surface area (Å²) in [5.74, 6) is -0.641. The van der Waals surface area contributed by atoms with E-state index in [1.165, 1.54) is 0 Å². The number of hydrogen-bond donors (Lipinski definition) is 0. The van der Waals surface area contributed by atoms with E-state index in [1.807, 2.05) is 0 Å². The molecule has 0 rings (SSSR count). The van der Waals surface area contributed by atoms with Crippen LogP contribution in [-0.4, -0.2) is 56.3 Å². The summed E-state index contributed by atoms with van der Waals surface area (Å²) in [5, 5.41) is 0. The first kappa shape index (κ1) is 19.3. The van der Waals surface area contributed by atoms with E-state index in [1.54, 1.807) is 20.8 Å². The number of phosphoric ester groups is 1. The Labute approximate surface area is 124 Å². The van der Waals surface area contributed by atoms with Gasteiger partial charge >= 0.3 is 37.7 Å². The van der Waals surface area contributed by atoms with Crippen LogP contribution in [0.5, 0.6) is 0 Å². The topological polar surface area (TPSA) is 89.5 Å². The molecule has 0 aliphatic rings. The van der Waals surface area contributed by atoms with Crippen molar-refractivity contribution in [3.8, 4) is 0 Å². The Hall–Kier alpha value is 0.970. The van der Waals surface area contributed by atoms with Crippen LogP contribution in [0.2, 0.25) is 0 Å². The fraction of sp³-hybridized carbons (Fsp3) is 0.875. The van der Waals surface area contributed by atoms with Gasteiger partial charge in [-0.15, -0.1) is 0 Å². The standard InChI is InChI=1S/C8H16FO5P.Ca/c1-8(2,3)7(10)6(9)4-5-14-15(11,12)13;/h6H,4-5H2,1-3H3,(H2,11,12,13);/q;+2/p-2/t6-;/m1./s1. The van der Waals surface area contributed by atoms with Gasteiger partial charge in [-0.2, -0.15) is 0 Å². The minimum absolute atomic E-state index is 0. The molecule has 0 bridgehead atoms. The number of alkyl halides is 1. The SMILES string of the molecule is CC(C)(C)C(=O)[C@H](F)CCOP(=O)([O-])[O-].[Ca+2]. The van der Waals surface area contributed by atoms with Gasteiger partial charge in [-0.3, -0.25) is 4.79 Å². The van der Waals surface area contributed by atoms with Crippen molar-refractivity contribution in [2.75, 3.05) is 6.61 Å². The first-order valence-electron chi connectivity index (χ1n) is 4.39. The molecule has 0 radical (unpaired) electrons. The van der Waals surface area contributed by atoms with Gasteiger partial charge < -0.3 is 18.9 Å². The summed E-state index contributed by atoms with van der Waals surface area (Å²) < 4.78 is 27.0. The second kappa shape index (κ2) is 7.41. The third-order valence-corrected chi connectivity index (χ3v) is 2.14. The monoisotopic (exact) mass is 280 g/mol. The molecule has 90 valence electrons. The molecule has 0 aromatic carbocycles. The van der Waals surface area contributed by atoms with Gasteiger partial charge in [0.1, 0.15) is 0 Å². The molecule has 0 aliphatic heterocycles. The summed E-state index contributed by atoms with van der Waals surface area (Å²) in [4.78, 5) is 31.3. The summed E-state index contributed by atoms with van der Waals surface area (Å²) in [6.45, 7) is 4.05. The van der Waals surface area contributed by atoms with Crippen LogP contribution < -0.4 is 9.79 Å². The molecule has 0 amide bonds. The van der Waals surface area contributed by atoms with E-state index in [-0.39, 0.29) is 37.7 Å². The number of carbonyl (C=O) groups is 1. The van der Waals surface area contributed by atoms with E-state index in [0.717, 1.165) is 0 Å². The number of hydrogen-bond acceptors (Lipinski definition) is 5. The smallest absolute Gasteiger partial charge is 0.790 e. The molecule has 1 atom stereocenters. The molecule has 0 aromatic rings. The normalized spacial score (nSPS) is 14.1. The molecule has 0 aliphatic carbocycles. The van der Waals surface area contributed by atoms with Crippen LogP contribution in [0.15, 0.2) is 0 Å². The van der Waals surface area contributed by atoms with Crippen LogP contribution in [0.3, 0.4) is 0 Å². The van der Waals surface area contributed by atoms with Gasteiger partial charge in [-0.25, -0.2) is 4.39 Å². The summed E-state index contributed by atoms with van der Waals surface area (Å²) in [7, 11) is -5.07. The molecule has 16 heavy (non-hydrogen) atoms. The van der Waals surface area contributed by atoms with Gasteiger partial charge in [-0.1, -0.05) is 20.8 Å². The minimum atomic E-state index is -5.07. The van der Waals surface area contributed by atoms with Crippen molar-refractivity contribution in [1.82, 2.24) is 0 Å². The van der Waals surface area contributed by atoms with E-state index in [4.69, 9.17) is 0 Å². The average molecular weight is 280 g/mol. The zero-order valence-corrected chi connectivity index (χ0v) is 12.7. The second-order valence-corrected chi connectivity index (χ2v) is 5.30. The number of phosphoric acid groups is 1. The van der Waals surface area contributed by atoms with Crippen molar-refractivity contribution in [3.63, 3.8) is 0 Å². The van der Waals surface area contributed by atoms with Crippen LogP contribution in [0.4, 0.5) is 4.39 Å². The number of halogens is 1. The molecule has 0 aromatic heterocycles. The van der Waals surface area contributed by atoms with E-state index >= 15 is 0 Å². The van der Waals surface area contributed by atoms with Crippen LogP contribution >= 0.6 is 7.82 Å². The van der Waals surface area contributed by atoms with Gasteiger partial charge in [0.25, 0.3) is 0 Å². The maximum atomic E-state index is 13.1. The molecule has 0 saturated carbocycles. The maximum Gasteiger partial charge on any atom is 2.00 e. The number of ketones is 1. The summed E-state index contributed by atoms with van der Waals surface area (Å²) >= 11 is 0. The van der Waals surface area contributed by atoms with Gasteiger partial charge in [0.2, 0.25) is 0 Å². The van der Waals surface area contributed by atoms with E-state index in [2.05, 4.69) is 4.52 Å². The quantitative estimate of drug-likeness (QED) is 0.513. The third-order valence-electron chi connectivity index (χ3n) is 1.64. The summed E-state index contributed by atoms with van der Waals surface area (Å²) in [6, 6.07) is 0. The van der Waals surface area contributed by atoms with Crippen LogP contribution in [0, 0.1) is 5.41 Å². The summed E-state index contributed by atoms with van der Waals surface area (Å²) in [5.41, 5.74) is -0.835. The largest absolute Gasteiger partial charge is 2.00 e. The predicted molar refractivity (Wildman–Crippen MR) is 53.3 cm³/mol. The zero-order chi connectivity index (χ0) is 12.3. The van der Waals surface area contributed by atoms with Gasteiger partial charge in [-0.05, 0) is 0 Å². The molecule has 0 fully saturated rings. The predicted octanol–water partition coefficient (Wildman–Crippen LogP) is -0.206.